The highest BCUT2D eigenvalue weighted by atomic mass is 15.0. The van der Waals surface area contributed by atoms with Gasteiger partial charge in [0, 0.05) is 19.3 Å². The van der Waals surface area contributed by atoms with E-state index in [9.17, 15) is 0 Å². The molecule has 0 aliphatic carbocycles. The molecule has 15 heavy (non-hydrogen) atoms. The Kier molecular flexibility index (Phi) is 3.07. The summed E-state index contributed by atoms with van der Waals surface area (Å²) in [6, 6.07) is 8.75. The Hall–Kier alpha value is -1.28. The van der Waals surface area contributed by atoms with Crippen LogP contribution in [0.4, 0.5) is 0 Å². The number of likely N-dealkylation sites (N-methyl/N-ethyl adjacent to an activating group) is 1. The van der Waals surface area contributed by atoms with E-state index in [4.69, 9.17) is 0 Å². The zero-order chi connectivity index (χ0) is 10.7. The topological polar surface area (TPSA) is 17.0 Å². The molecule has 1 heterocycles. The summed E-state index contributed by atoms with van der Waals surface area (Å²) < 4.78 is 2.34. The Morgan fingerprint density at radius 2 is 2.13 bits per heavy atom. The van der Waals surface area contributed by atoms with E-state index < -0.39 is 0 Å². The fourth-order valence-corrected chi connectivity index (χ4v) is 2.04. The molecule has 0 aliphatic rings. The lowest BCUT2D eigenvalue weighted by molar-refractivity contribution is 0.661. The van der Waals surface area contributed by atoms with Gasteiger partial charge in [0.1, 0.15) is 0 Å². The molecular weight excluding hydrogens is 184 g/mol. The Labute approximate surface area is 90.9 Å². The second-order valence-electron chi connectivity index (χ2n) is 3.82. The van der Waals surface area contributed by atoms with Crippen LogP contribution in [-0.4, -0.2) is 18.2 Å². The van der Waals surface area contributed by atoms with Gasteiger partial charge < -0.3 is 9.88 Å². The first kappa shape index (κ1) is 10.2. The van der Waals surface area contributed by atoms with Gasteiger partial charge in [-0.2, -0.15) is 0 Å². The van der Waals surface area contributed by atoms with E-state index in [-0.39, 0.29) is 0 Å². The van der Waals surface area contributed by atoms with Gasteiger partial charge in [-0.05, 0) is 30.5 Å². The van der Waals surface area contributed by atoms with E-state index in [1.54, 1.807) is 0 Å². The van der Waals surface area contributed by atoms with Crippen molar-refractivity contribution in [3.63, 3.8) is 0 Å². The van der Waals surface area contributed by atoms with E-state index >= 15 is 0 Å². The number of fused-ring (bicyclic) bond motifs is 1. The van der Waals surface area contributed by atoms with Gasteiger partial charge in [-0.15, -0.1) is 0 Å². The highest BCUT2D eigenvalue weighted by Gasteiger charge is 2.04. The molecule has 0 radical (unpaired) electrons. The minimum absolute atomic E-state index is 1.02. The standard InChI is InChI=1S/C13H18N2/c1-3-11-5-4-6-12-7-9-15(13(11)12)10-8-14-2/h4-7,9,14H,3,8,10H2,1-2H3. The molecule has 80 valence electrons. The zero-order valence-corrected chi connectivity index (χ0v) is 9.46. The van der Waals surface area contributed by atoms with Crippen LogP contribution in [0, 0.1) is 0 Å². The number of benzene rings is 1. The molecule has 0 fully saturated rings. The van der Waals surface area contributed by atoms with Crippen LogP contribution in [0.5, 0.6) is 0 Å². The molecule has 0 bridgehead atoms. The average molecular weight is 202 g/mol. The van der Waals surface area contributed by atoms with Crippen molar-refractivity contribution in [2.24, 2.45) is 0 Å². The summed E-state index contributed by atoms with van der Waals surface area (Å²) in [6.07, 6.45) is 3.28. The van der Waals surface area contributed by atoms with Crippen molar-refractivity contribution in [3.8, 4) is 0 Å². The number of nitrogens with one attached hydrogen (secondary N) is 1. The molecule has 2 nitrogen and oxygen atoms in total. The van der Waals surface area contributed by atoms with Crippen LogP contribution in [-0.2, 0) is 13.0 Å². The largest absolute Gasteiger partial charge is 0.346 e. The Balaban J connectivity index is 2.46. The van der Waals surface area contributed by atoms with Gasteiger partial charge in [-0.3, -0.25) is 0 Å². The van der Waals surface area contributed by atoms with Crippen LogP contribution in [0.15, 0.2) is 30.5 Å². The van der Waals surface area contributed by atoms with Gasteiger partial charge in [0.05, 0.1) is 5.52 Å². The highest BCUT2D eigenvalue weighted by Crippen LogP contribution is 2.20. The summed E-state index contributed by atoms with van der Waals surface area (Å²) in [6.45, 7) is 4.27. The smallest absolute Gasteiger partial charge is 0.0513 e. The molecule has 0 spiro atoms. The second-order valence-corrected chi connectivity index (χ2v) is 3.82. The molecule has 2 heteroatoms. The van der Waals surface area contributed by atoms with Crippen molar-refractivity contribution in [2.75, 3.05) is 13.6 Å². The maximum atomic E-state index is 3.19. The van der Waals surface area contributed by atoms with Crippen molar-refractivity contribution in [3.05, 3.63) is 36.0 Å². The lowest BCUT2D eigenvalue weighted by atomic mass is 10.1. The first-order chi connectivity index (χ1) is 7.36. The van der Waals surface area contributed by atoms with E-state index in [0.717, 1.165) is 19.5 Å². The van der Waals surface area contributed by atoms with Crippen LogP contribution in [0.25, 0.3) is 10.9 Å². The van der Waals surface area contributed by atoms with Gasteiger partial charge in [-0.25, -0.2) is 0 Å². The van der Waals surface area contributed by atoms with E-state index in [1.807, 2.05) is 7.05 Å². The van der Waals surface area contributed by atoms with Crippen LogP contribution in [0.2, 0.25) is 0 Å². The minimum atomic E-state index is 1.02. The summed E-state index contributed by atoms with van der Waals surface area (Å²) in [7, 11) is 1.99. The molecule has 0 aliphatic heterocycles. The van der Waals surface area contributed by atoms with E-state index in [2.05, 4.69) is 47.3 Å². The quantitative estimate of drug-likeness (QED) is 0.805. The van der Waals surface area contributed by atoms with E-state index in [1.165, 1.54) is 16.5 Å². The van der Waals surface area contributed by atoms with Crippen LogP contribution < -0.4 is 5.32 Å². The molecule has 1 aromatic heterocycles. The fourth-order valence-electron chi connectivity index (χ4n) is 2.04. The third kappa shape index (κ3) is 1.90. The Bertz CT molecular complexity index is 443. The Morgan fingerprint density at radius 1 is 1.27 bits per heavy atom. The van der Waals surface area contributed by atoms with Crippen molar-refractivity contribution in [1.29, 1.82) is 0 Å². The van der Waals surface area contributed by atoms with Crippen molar-refractivity contribution in [2.45, 2.75) is 19.9 Å². The summed E-state index contributed by atoms with van der Waals surface area (Å²) in [4.78, 5) is 0. The monoisotopic (exact) mass is 202 g/mol. The van der Waals surface area contributed by atoms with Crippen LogP contribution >= 0.6 is 0 Å². The maximum Gasteiger partial charge on any atom is 0.0513 e. The van der Waals surface area contributed by atoms with E-state index in [0.29, 0.717) is 0 Å². The van der Waals surface area contributed by atoms with Gasteiger partial charge in [0.25, 0.3) is 0 Å². The van der Waals surface area contributed by atoms with Crippen molar-refractivity contribution in [1.82, 2.24) is 9.88 Å². The lowest BCUT2D eigenvalue weighted by Crippen LogP contribution is -2.14. The number of aromatic nitrogens is 1. The molecule has 1 N–H and O–H groups in total. The van der Waals surface area contributed by atoms with Crippen LogP contribution in [0.1, 0.15) is 12.5 Å². The third-order valence-corrected chi connectivity index (χ3v) is 2.86. The van der Waals surface area contributed by atoms with Gasteiger partial charge in [0.2, 0.25) is 0 Å². The number of para-hydroxylation sites is 1. The minimum Gasteiger partial charge on any atom is -0.346 e. The fraction of sp³-hybridized carbons (Fsp3) is 0.385. The summed E-state index contributed by atoms with van der Waals surface area (Å²) in [5.74, 6) is 0. The number of hydrogen-bond acceptors (Lipinski definition) is 1. The molecule has 0 atom stereocenters. The molecule has 0 amide bonds. The molecule has 0 saturated carbocycles. The predicted molar refractivity (Wildman–Crippen MR) is 65.2 cm³/mol. The SMILES string of the molecule is CCc1cccc2ccn(CCNC)c12. The molecule has 2 rings (SSSR count). The lowest BCUT2D eigenvalue weighted by Gasteiger charge is -2.08. The van der Waals surface area contributed by atoms with Crippen LogP contribution in [0.3, 0.4) is 0 Å². The first-order valence-electron chi connectivity index (χ1n) is 5.58. The summed E-state index contributed by atoms with van der Waals surface area (Å²) in [5, 5.41) is 4.54. The van der Waals surface area contributed by atoms with Gasteiger partial charge in [-0.1, -0.05) is 25.1 Å². The van der Waals surface area contributed by atoms with Crippen molar-refractivity contribution < 1.29 is 0 Å². The van der Waals surface area contributed by atoms with Crippen molar-refractivity contribution >= 4 is 10.9 Å². The number of aryl methyl sites for hydroxylation is 1. The molecular formula is C13H18N2. The molecule has 0 unspecified atom stereocenters. The summed E-state index contributed by atoms with van der Waals surface area (Å²) in [5.41, 5.74) is 2.84. The molecule has 1 aromatic carbocycles. The zero-order valence-electron chi connectivity index (χ0n) is 9.46. The third-order valence-electron chi connectivity index (χ3n) is 2.86. The van der Waals surface area contributed by atoms with Gasteiger partial charge in [0.15, 0.2) is 0 Å². The predicted octanol–water partition coefficient (Wildman–Crippen LogP) is 2.42. The maximum absolute atomic E-state index is 3.19. The number of rotatable bonds is 4. The second kappa shape index (κ2) is 4.49. The Morgan fingerprint density at radius 3 is 2.87 bits per heavy atom. The first-order valence-corrected chi connectivity index (χ1v) is 5.58. The molecule has 2 aromatic rings. The normalized spacial score (nSPS) is 11.1. The summed E-state index contributed by atoms with van der Waals surface area (Å²) >= 11 is 0. The average Bonchev–Trinajstić information content (AvgIpc) is 2.69. The number of nitrogens with zero attached hydrogens (tertiary/aromatic N) is 1. The van der Waals surface area contributed by atoms with Gasteiger partial charge >= 0.3 is 0 Å². The molecule has 0 saturated heterocycles. The number of hydrogen-bond donors (Lipinski definition) is 1. The highest BCUT2D eigenvalue weighted by molar-refractivity contribution is 5.83.